The molecule has 1 rings (SSSR count). The molecule has 0 fully saturated rings. The van der Waals surface area contributed by atoms with Gasteiger partial charge in [-0.05, 0) is 18.1 Å². The summed E-state index contributed by atoms with van der Waals surface area (Å²) in [7, 11) is 1.45. The Morgan fingerprint density at radius 1 is 1.50 bits per heavy atom. The van der Waals surface area contributed by atoms with E-state index in [2.05, 4.69) is 5.32 Å². The molecular weight excluding hydrogens is 236 g/mol. The largest absolute Gasteiger partial charge is 0.496 e. The quantitative estimate of drug-likeness (QED) is 0.599. The summed E-state index contributed by atoms with van der Waals surface area (Å²) in [6, 6.07) is 4.56. The van der Waals surface area contributed by atoms with Gasteiger partial charge in [0.15, 0.2) is 0 Å². The number of rotatable bonds is 6. The number of methoxy groups -OCH3 is 1. The van der Waals surface area contributed by atoms with E-state index in [1.54, 1.807) is 12.1 Å². The van der Waals surface area contributed by atoms with Gasteiger partial charge >= 0.3 is 0 Å². The molecule has 6 heteroatoms. The molecule has 0 bridgehead atoms. The van der Waals surface area contributed by atoms with E-state index in [1.807, 2.05) is 13.8 Å². The van der Waals surface area contributed by atoms with Crippen molar-refractivity contribution in [2.75, 3.05) is 19.0 Å². The fourth-order valence-electron chi connectivity index (χ4n) is 1.39. The van der Waals surface area contributed by atoms with Crippen molar-refractivity contribution in [3.63, 3.8) is 0 Å². The molecule has 0 radical (unpaired) electrons. The summed E-state index contributed by atoms with van der Waals surface area (Å²) >= 11 is 0. The molecule has 6 nitrogen and oxygen atoms in total. The smallest absolute Gasteiger partial charge is 0.296 e. The Morgan fingerprint density at radius 2 is 2.17 bits per heavy atom. The molecule has 0 aliphatic heterocycles. The van der Waals surface area contributed by atoms with Crippen LogP contribution in [0.15, 0.2) is 18.2 Å². The van der Waals surface area contributed by atoms with Crippen molar-refractivity contribution in [2.24, 2.45) is 5.92 Å². The number of benzene rings is 1. The van der Waals surface area contributed by atoms with E-state index >= 15 is 0 Å². The molecule has 2 N–H and O–H groups in total. The first-order valence-corrected chi connectivity index (χ1v) is 5.70. The zero-order chi connectivity index (χ0) is 13.7. The van der Waals surface area contributed by atoms with E-state index in [9.17, 15) is 15.2 Å². The topological polar surface area (TPSA) is 84.6 Å². The Bertz CT molecular complexity index is 421. The molecule has 1 aromatic carbocycles. The zero-order valence-corrected chi connectivity index (χ0v) is 10.7. The fraction of sp³-hybridized carbons (Fsp3) is 0.500. The third kappa shape index (κ3) is 3.59. The molecular formula is C12H18N2O4. The molecule has 0 heterocycles. The van der Waals surface area contributed by atoms with E-state index in [-0.39, 0.29) is 18.2 Å². The van der Waals surface area contributed by atoms with Gasteiger partial charge < -0.3 is 15.2 Å². The molecule has 0 saturated heterocycles. The second kappa shape index (κ2) is 6.20. The van der Waals surface area contributed by atoms with Crippen molar-refractivity contribution < 1.29 is 14.8 Å². The molecule has 1 unspecified atom stereocenters. The summed E-state index contributed by atoms with van der Waals surface area (Å²) in [6.45, 7) is 4.04. The Labute approximate surface area is 106 Å². The number of hydrogen-bond acceptors (Lipinski definition) is 5. The third-order valence-corrected chi connectivity index (χ3v) is 2.67. The summed E-state index contributed by atoms with van der Waals surface area (Å²) in [4.78, 5) is 10.4. The van der Waals surface area contributed by atoms with Gasteiger partial charge in [-0.2, -0.15) is 0 Å². The number of aliphatic hydroxyl groups excluding tert-OH is 1. The molecule has 100 valence electrons. The zero-order valence-electron chi connectivity index (χ0n) is 10.7. The third-order valence-electron chi connectivity index (χ3n) is 2.67. The lowest BCUT2D eigenvalue weighted by Crippen LogP contribution is -2.25. The highest BCUT2D eigenvalue weighted by Crippen LogP contribution is 2.28. The van der Waals surface area contributed by atoms with Gasteiger partial charge in [-0.25, -0.2) is 0 Å². The van der Waals surface area contributed by atoms with Crippen LogP contribution in [0.2, 0.25) is 0 Å². The maximum absolute atomic E-state index is 10.9. The molecule has 1 aromatic rings. The van der Waals surface area contributed by atoms with E-state index in [0.717, 1.165) is 0 Å². The number of nitrogens with zero attached hydrogens (tertiary/aromatic N) is 1. The number of nitrogens with one attached hydrogen (secondary N) is 1. The number of anilines is 1. The van der Waals surface area contributed by atoms with Crippen LogP contribution < -0.4 is 10.1 Å². The number of nitro groups is 1. The van der Waals surface area contributed by atoms with Gasteiger partial charge in [0.25, 0.3) is 5.69 Å². The van der Waals surface area contributed by atoms with Gasteiger partial charge in [-0.15, -0.1) is 0 Å². The van der Waals surface area contributed by atoms with E-state index in [4.69, 9.17) is 4.74 Å². The molecule has 0 aliphatic rings. The molecule has 0 aliphatic carbocycles. The minimum absolute atomic E-state index is 0.0645. The first-order chi connectivity index (χ1) is 8.45. The summed E-state index contributed by atoms with van der Waals surface area (Å²) in [5.74, 6) is 0.520. The first kappa shape index (κ1) is 14.2. The molecule has 0 aromatic heterocycles. The second-order valence-electron chi connectivity index (χ2n) is 4.33. The average Bonchev–Trinajstić information content (AvgIpc) is 2.35. The van der Waals surface area contributed by atoms with Crippen LogP contribution in [-0.2, 0) is 0 Å². The van der Waals surface area contributed by atoms with E-state index in [1.165, 1.54) is 13.2 Å². The Kier molecular flexibility index (Phi) is 4.91. The van der Waals surface area contributed by atoms with Crippen LogP contribution in [0.4, 0.5) is 11.4 Å². The fourth-order valence-corrected chi connectivity index (χ4v) is 1.39. The van der Waals surface area contributed by atoms with Crippen LogP contribution in [0.1, 0.15) is 13.8 Å². The van der Waals surface area contributed by atoms with Crippen LogP contribution in [0, 0.1) is 16.0 Å². The van der Waals surface area contributed by atoms with Gasteiger partial charge in [0, 0.05) is 6.54 Å². The summed E-state index contributed by atoms with van der Waals surface area (Å²) in [6.07, 6.45) is -0.549. The molecule has 0 amide bonds. The number of nitro benzene ring substituents is 1. The SMILES string of the molecule is COc1ccc(NCC(O)C(C)C)c([N+](=O)[O-])c1. The molecule has 18 heavy (non-hydrogen) atoms. The van der Waals surface area contributed by atoms with Crippen LogP contribution in [0.25, 0.3) is 0 Å². The van der Waals surface area contributed by atoms with Gasteiger partial charge in [-0.3, -0.25) is 10.1 Å². The van der Waals surface area contributed by atoms with Gasteiger partial charge in [-0.1, -0.05) is 13.8 Å². The maximum Gasteiger partial charge on any atom is 0.296 e. The lowest BCUT2D eigenvalue weighted by atomic mass is 10.1. The van der Waals surface area contributed by atoms with E-state index < -0.39 is 11.0 Å². The van der Waals surface area contributed by atoms with Crippen molar-refractivity contribution in [3.05, 3.63) is 28.3 Å². The number of aliphatic hydroxyl groups is 1. The van der Waals surface area contributed by atoms with E-state index in [0.29, 0.717) is 11.4 Å². The predicted molar refractivity (Wildman–Crippen MR) is 69.0 cm³/mol. The van der Waals surface area contributed by atoms with Crippen molar-refractivity contribution in [1.82, 2.24) is 0 Å². The Morgan fingerprint density at radius 3 is 2.67 bits per heavy atom. The van der Waals surface area contributed by atoms with Crippen molar-refractivity contribution >= 4 is 11.4 Å². The Balaban J connectivity index is 2.85. The minimum atomic E-state index is -0.549. The standard InChI is InChI=1S/C12H18N2O4/c1-8(2)12(15)7-13-10-5-4-9(18-3)6-11(10)14(16)17/h4-6,8,12-13,15H,7H2,1-3H3. The maximum atomic E-state index is 10.9. The average molecular weight is 254 g/mol. The minimum Gasteiger partial charge on any atom is -0.496 e. The summed E-state index contributed by atoms with van der Waals surface area (Å²) in [5, 5.41) is 23.5. The van der Waals surface area contributed by atoms with Crippen molar-refractivity contribution in [2.45, 2.75) is 20.0 Å². The Hall–Kier alpha value is -1.82. The highest BCUT2D eigenvalue weighted by atomic mass is 16.6. The first-order valence-electron chi connectivity index (χ1n) is 5.70. The van der Waals surface area contributed by atoms with Crippen molar-refractivity contribution in [3.8, 4) is 5.75 Å². The van der Waals surface area contributed by atoms with Crippen LogP contribution in [-0.4, -0.2) is 29.8 Å². The number of ether oxygens (including phenoxy) is 1. The van der Waals surface area contributed by atoms with Gasteiger partial charge in [0.05, 0.1) is 24.2 Å². The monoisotopic (exact) mass is 254 g/mol. The predicted octanol–water partition coefficient (Wildman–Crippen LogP) is 2.03. The van der Waals surface area contributed by atoms with Crippen LogP contribution >= 0.6 is 0 Å². The molecule has 0 saturated carbocycles. The second-order valence-corrected chi connectivity index (χ2v) is 4.33. The van der Waals surface area contributed by atoms with Gasteiger partial charge in [0.2, 0.25) is 0 Å². The summed E-state index contributed by atoms with van der Waals surface area (Å²) < 4.78 is 4.94. The lowest BCUT2D eigenvalue weighted by molar-refractivity contribution is -0.384. The highest BCUT2D eigenvalue weighted by Gasteiger charge is 2.16. The normalized spacial score (nSPS) is 12.3. The molecule has 1 atom stereocenters. The lowest BCUT2D eigenvalue weighted by Gasteiger charge is -2.16. The molecule has 0 spiro atoms. The van der Waals surface area contributed by atoms with Crippen LogP contribution in [0.3, 0.4) is 0 Å². The number of hydrogen-bond donors (Lipinski definition) is 2. The van der Waals surface area contributed by atoms with Crippen molar-refractivity contribution in [1.29, 1.82) is 0 Å². The summed E-state index contributed by atoms with van der Waals surface area (Å²) in [5.41, 5.74) is 0.311. The van der Waals surface area contributed by atoms with Crippen LogP contribution in [0.5, 0.6) is 5.75 Å². The highest BCUT2D eigenvalue weighted by molar-refractivity contribution is 5.63. The van der Waals surface area contributed by atoms with Gasteiger partial charge in [0.1, 0.15) is 11.4 Å².